The second kappa shape index (κ2) is 7.58. The summed E-state index contributed by atoms with van der Waals surface area (Å²) in [6.45, 7) is 6.54. The second-order valence-corrected chi connectivity index (χ2v) is 9.28. The van der Waals surface area contributed by atoms with Crippen LogP contribution in [-0.2, 0) is 5.41 Å². The molecule has 0 atom stereocenters. The zero-order valence-corrected chi connectivity index (χ0v) is 18.0. The molecule has 6 heteroatoms. The summed E-state index contributed by atoms with van der Waals surface area (Å²) >= 11 is 7.24. The lowest BCUT2D eigenvalue weighted by Gasteiger charge is -2.18. The van der Waals surface area contributed by atoms with Gasteiger partial charge in [0.05, 0.1) is 4.53 Å². The van der Waals surface area contributed by atoms with Crippen molar-refractivity contribution >= 4 is 46.1 Å². The Morgan fingerprint density at radius 3 is 2.24 bits per heavy atom. The van der Waals surface area contributed by atoms with Crippen LogP contribution in [0.4, 0.5) is 0 Å². The Balaban J connectivity index is 1.62. The molecular formula is C23H20ClN3OS. The predicted octanol–water partition coefficient (Wildman–Crippen LogP) is 4.82. The van der Waals surface area contributed by atoms with Crippen LogP contribution in [-0.4, -0.2) is 14.6 Å². The van der Waals surface area contributed by atoms with Gasteiger partial charge in [0.15, 0.2) is 5.82 Å². The van der Waals surface area contributed by atoms with E-state index in [1.807, 2.05) is 48.6 Å². The van der Waals surface area contributed by atoms with E-state index in [4.69, 9.17) is 11.6 Å². The van der Waals surface area contributed by atoms with Gasteiger partial charge in [0.25, 0.3) is 5.56 Å². The maximum atomic E-state index is 12.7. The molecule has 0 spiro atoms. The minimum Gasteiger partial charge on any atom is -0.266 e. The van der Waals surface area contributed by atoms with E-state index in [-0.39, 0.29) is 11.0 Å². The van der Waals surface area contributed by atoms with Crippen LogP contribution in [0.1, 0.15) is 43.3 Å². The molecule has 4 rings (SSSR count). The van der Waals surface area contributed by atoms with Gasteiger partial charge >= 0.3 is 0 Å². The average Bonchev–Trinajstić information content (AvgIpc) is 3.20. The van der Waals surface area contributed by atoms with E-state index < -0.39 is 0 Å². The lowest BCUT2D eigenvalue weighted by molar-refractivity contribution is 0.590. The van der Waals surface area contributed by atoms with Crippen LogP contribution in [0.25, 0.3) is 23.2 Å². The highest BCUT2D eigenvalue weighted by atomic mass is 35.5. The standard InChI is InChI=1S/C23H20ClN3OS/c1-23(2,3)17-9-4-16(5-10-17)14-19-21(28)27-22(29-19)25-20(26-27)13-8-15-6-11-18(24)12-7-15/h4-14H,1-3H3. The van der Waals surface area contributed by atoms with Gasteiger partial charge < -0.3 is 0 Å². The molecule has 0 unspecified atom stereocenters. The number of benzene rings is 2. The molecule has 0 aliphatic rings. The number of halogens is 1. The Kier molecular flexibility index (Phi) is 5.11. The second-order valence-electron chi connectivity index (χ2n) is 7.84. The zero-order chi connectivity index (χ0) is 20.6. The first-order valence-electron chi connectivity index (χ1n) is 9.25. The van der Waals surface area contributed by atoms with E-state index in [1.54, 1.807) is 6.08 Å². The topological polar surface area (TPSA) is 47.3 Å². The number of rotatable bonds is 3. The molecule has 2 aromatic carbocycles. The number of fused-ring (bicyclic) bond motifs is 1. The van der Waals surface area contributed by atoms with Crippen molar-refractivity contribution in [3.8, 4) is 0 Å². The summed E-state index contributed by atoms with van der Waals surface area (Å²) in [5, 5.41) is 5.01. The van der Waals surface area contributed by atoms with Crippen LogP contribution < -0.4 is 10.1 Å². The smallest absolute Gasteiger partial charge is 0.266 e. The van der Waals surface area contributed by atoms with Gasteiger partial charge in [-0.25, -0.2) is 0 Å². The number of nitrogens with zero attached hydrogens (tertiary/aromatic N) is 3. The first-order chi connectivity index (χ1) is 13.8. The van der Waals surface area contributed by atoms with Gasteiger partial charge in [-0.2, -0.15) is 9.50 Å². The highest BCUT2D eigenvalue weighted by Gasteiger charge is 2.13. The predicted molar refractivity (Wildman–Crippen MR) is 121 cm³/mol. The molecule has 0 fully saturated rings. The molecule has 0 radical (unpaired) electrons. The Morgan fingerprint density at radius 2 is 1.62 bits per heavy atom. The molecule has 0 saturated heterocycles. The third kappa shape index (κ3) is 4.31. The third-order valence-corrected chi connectivity index (χ3v) is 5.78. The zero-order valence-electron chi connectivity index (χ0n) is 16.4. The molecule has 29 heavy (non-hydrogen) atoms. The fourth-order valence-corrected chi connectivity index (χ4v) is 3.94. The van der Waals surface area contributed by atoms with Crippen LogP contribution in [0.2, 0.25) is 5.02 Å². The van der Waals surface area contributed by atoms with Crippen LogP contribution in [0.3, 0.4) is 0 Å². The van der Waals surface area contributed by atoms with E-state index in [0.29, 0.717) is 20.3 Å². The summed E-state index contributed by atoms with van der Waals surface area (Å²) in [7, 11) is 0. The monoisotopic (exact) mass is 421 g/mol. The Labute approximate surface area is 177 Å². The first-order valence-corrected chi connectivity index (χ1v) is 10.4. The van der Waals surface area contributed by atoms with Crippen LogP contribution in [0.5, 0.6) is 0 Å². The molecule has 2 heterocycles. The summed E-state index contributed by atoms with van der Waals surface area (Å²) < 4.78 is 1.98. The number of hydrogen-bond donors (Lipinski definition) is 0. The average molecular weight is 422 g/mol. The van der Waals surface area contributed by atoms with Gasteiger partial charge in [-0.3, -0.25) is 4.79 Å². The van der Waals surface area contributed by atoms with E-state index in [9.17, 15) is 4.79 Å². The van der Waals surface area contributed by atoms with Crippen molar-refractivity contribution in [2.24, 2.45) is 0 Å². The van der Waals surface area contributed by atoms with E-state index in [0.717, 1.165) is 11.1 Å². The fourth-order valence-electron chi connectivity index (χ4n) is 2.89. The Bertz CT molecular complexity index is 1290. The highest BCUT2D eigenvalue weighted by molar-refractivity contribution is 7.15. The summed E-state index contributed by atoms with van der Waals surface area (Å²) in [6, 6.07) is 15.8. The lowest BCUT2D eigenvalue weighted by Crippen LogP contribution is -2.23. The summed E-state index contributed by atoms with van der Waals surface area (Å²) in [6.07, 6.45) is 5.57. The van der Waals surface area contributed by atoms with E-state index >= 15 is 0 Å². The van der Waals surface area contributed by atoms with Crippen molar-refractivity contribution in [2.75, 3.05) is 0 Å². The molecule has 146 valence electrons. The maximum Gasteiger partial charge on any atom is 0.291 e. The van der Waals surface area contributed by atoms with Gasteiger partial charge in [-0.1, -0.05) is 86.2 Å². The first kappa shape index (κ1) is 19.6. The van der Waals surface area contributed by atoms with E-state index in [2.05, 4.69) is 43.0 Å². The number of hydrogen-bond acceptors (Lipinski definition) is 4. The molecular weight excluding hydrogens is 402 g/mol. The van der Waals surface area contributed by atoms with Gasteiger partial charge in [-0.05, 0) is 46.4 Å². The maximum absolute atomic E-state index is 12.7. The molecule has 4 aromatic rings. The summed E-state index contributed by atoms with van der Waals surface area (Å²) in [4.78, 5) is 17.7. The molecule has 4 nitrogen and oxygen atoms in total. The van der Waals surface area contributed by atoms with Gasteiger partial charge in [0, 0.05) is 5.02 Å². The minimum absolute atomic E-state index is 0.103. The van der Waals surface area contributed by atoms with Crippen molar-refractivity contribution < 1.29 is 0 Å². The lowest BCUT2D eigenvalue weighted by atomic mass is 9.87. The largest absolute Gasteiger partial charge is 0.291 e. The molecule has 0 aliphatic carbocycles. The van der Waals surface area contributed by atoms with Crippen LogP contribution >= 0.6 is 22.9 Å². The molecule has 0 saturated carbocycles. The molecule has 2 aromatic heterocycles. The molecule has 0 aliphatic heterocycles. The number of thiazole rings is 1. The van der Waals surface area contributed by atoms with Crippen LogP contribution in [0.15, 0.2) is 53.3 Å². The normalized spacial score (nSPS) is 13.0. The summed E-state index contributed by atoms with van der Waals surface area (Å²) in [5.41, 5.74) is 3.19. The van der Waals surface area contributed by atoms with E-state index in [1.165, 1.54) is 21.4 Å². The molecule has 0 amide bonds. The molecule has 0 bridgehead atoms. The molecule has 0 N–H and O–H groups in total. The van der Waals surface area contributed by atoms with Crippen molar-refractivity contribution in [1.82, 2.24) is 14.6 Å². The van der Waals surface area contributed by atoms with Gasteiger partial charge in [0.2, 0.25) is 4.96 Å². The summed E-state index contributed by atoms with van der Waals surface area (Å²) in [5.74, 6) is 0.504. The quantitative estimate of drug-likeness (QED) is 0.476. The highest BCUT2D eigenvalue weighted by Crippen LogP contribution is 2.22. The van der Waals surface area contributed by atoms with Gasteiger partial charge in [0.1, 0.15) is 0 Å². The van der Waals surface area contributed by atoms with Crippen molar-refractivity contribution in [3.05, 3.63) is 91.0 Å². The van der Waals surface area contributed by atoms with Gasteiger partial charge in [-0.15, -0.1) is 5.10 Å². The van der Waals surface area contributed by atoms with Crippen LogP contribution in [0, 0.1) is 0 Å². The fraction of sp³-hybridized carbons (Fsp3) is 0.174. The van der Waals surface area contributed by atoms with Crippen molar-refractivity contribution in [1.29, 1.82) is 0 Å². The van der Waals surface area contributed by atoms with Crippen molar-refractivity contribution in [3.63, 3.8) is 0 Å². The Hall–Kier alpha value is -2.76. The minimum atomic E-state index is -0.149. The Morgan fingerprint density at radius 1 is 0.966 bits per heavy atom. The SMILES string of the molecule is CC(C)(C)c1ccc(C=c2sc3nc(C=Cc4ccc(Cl)cc4)nn3c2=O)cc1. The number of aromatic nitrogens is 3. The van der Waals surface area contributed by atoms with Crippen molar-refractivity contribution in [2.45, 2.75) is 26.2 Å². The third-order valence-electron chi connectivity index (χ3n) is 4.57.